The summed E-state index contributed by atoms with van der Waals surface area (Å²) in [7, 11) is 0. The standard InChI is InChI=1S/C8H18N2O/c1-4-5-8(10,6(2)3)7(9)11/h6H,4-5,10H2,1-3H3,(H2,9,11)/t8-/m1/s1. The Hall–Kier alpha value is -0.570. The highest BCUT2D eigenvalue weighted by Crippen LogP contribution is 2.19. The van der Waals surface area contributed by atoms with Gasteiger partial charge in [0.05, 0.1) is 5.54 Å². The minimum Gasteiger partial charge on any atom is -0.368 e. The largest absolute Gasteiger partial charge is 0.368 e. The molecule has 0 aromatic heterocycles. The number of hydrogen-bond donors (Lipinski definition) is 2. The Morgan fingerprint density at radius 3 is 2.09 bits per heavy atom. The minimum absolute atomic E-state index is 0.111. The first-order valence-corrected chi connectivity index (χ1v) is 4.04. The zero-order valence-electron chi connectivity index (χ0n) is 7.55. The van der Waals surface area contributed by atoms with Crippen molar-refractivity contribution in [2.24, 2.45) is 17.4 Å². The van der Waals surface area contributed by atoms with Crippen molar-refractivity contribution in [2.45, 2.75) is 39.2 Å². The van der Waals surface area contributed by atoms with Gasteiger partial charge in [-0.05, 0) is 12.3 Å². The van der Waals surface area contributed by atoms with Gasteiger partial charge in [-0.15, -0.1) is 0 Å². The minimum atomic E-state index is -0.811. The van der Waals surface area contributed by atoms with Crippen molar-refractivity contribution < 1.29 is 4.79 Å². The van der Waals surface area contributed by atoms with Gasteiger partial charge in [-0.2, -0.15) is 0 Å². The van der Waals surface area contributed by atoms with Crippen molar-refractivity contribution in [1.29, 1.82) is 0 Å². The van der Waals surface area contributed by atoms with E-state index in [4.69, 9.17) is 11.5 Å². The summed E-state index contributed by atoms with van der Waals surface area (Å²) in [6.45, 7) is 5.83. The first-order valence-electron chi connectivity index (χ1n) is 4.04. The van der Waals surface area contributed by atoms with Crippen LogP contribution in [0, 0.1) is 5.92 Å². The molecular weight excluding hydrogens is 140 g/mol. The monoisotopic (exact) mass is 158 g/mol. The van der Waals surface area contributed by atoms with E-state index in [1.165, 1.54) is 0 Å². The van der Waals surface area contributed by atoms with Crippen LogP contribution in [0.4, 0.5) is 0 Å². The molecule has 0 spiro atoms. The normalized spacial score (nSPS) is 16.5. The van der Waals surface area contributed by atoms with E-state index in [9.17, 15) is 4.79 Å². The van der Waals surface area contributed by atoms with Gasteiger partial charge in [0.1, 0.15) is 0 Å². The van der Waals surface area contributed by atoms with Crippen LogP contribution in [-0.4, -0.2) is 11.4 Å². The van der Waals surface area contributed by atoms with Crippen LogP contribution in [0.15, 0.2) is 0 Å². The summed E-state index contributed by atoms with van der Waals surface area (Å²) in [6, 6.07) is 0. The molecule has 0 aromatic carbocycles. The smallest absolute Gasteiger partial charge is 0.237 e. The Labute approximate surface area is 68.1 Å². The van der Waals surface area contributed by atoms with Crippen LogP contribution in [0.25, 0.3) is 0 Å². The molecule has 0 saturated carbocycles. The summed E-state index contributed by atoms with van der Waals surface area (Å²) in [5.41, 5.74) is 10.2. The van der Waals surface area contributed by atoms with Crippen molar-refractivity contribution in [3.05, 3.63) is 0 Å². The van der Waals surface area contributed by atoms with E-state index in [-0.39, 0.29) is 5.92 Å². The van der Waals surface area contributed by atoms with Crippen LogP contribution >= 0.6 is 0 Å². The number of hydrogen-bond acceptors (Lipinski definition) is 2. The van der Waals surface area contributed by atoms with Gasteiger partial charge < -0.3 is 11.5 Å². The lowest BCUT2D eigenvalue weighted by Gasteiger charge is -2.29. The highest BCUT2D eigenvalue weighted by atomic mass is 16.1. The second-order valence-corrected chi connectivity index (χ2v) is 3.31. The molecule has 66 valence electrons. The number of rotatable bonds is 4. The summed E-state index contributed by atoms with van der Waals surface area (Å²) in [6.07, 6.45) is 1.55. The number of amides is 1. The number of carbonyl (C=O) groups excluding carboxylic acids is 1. The van der Waals surface area contributed by atoms with Gasteiger partial charge in [0.2, 0.25) is 5.91 Å². The Morgan fingerprint density at radius 2 is 2.00 bits per heavy atom. The van der Waals surface area contributed by atoms with Crippen LogP contribution in [-0.2, 0) is 4.79 Å². The van der Waals surface area contributed by atoms with E-state index >= 15 is 0 Å². The third kappa shape index (κ3) is 2.19. The molecule has 0 heterocycles. The van der Waals surface area contributed by atoms with Crippen molar-refractivity contribution in [3.8, 4) is 0 Å². The zero-order valence-corrected chi connectivity index (χ0v) is 7.55. The maximum Gasteiger partial charge on any atom is 0.237 e. The van der Waals surface area contributed by atoms with Crippen molar-refractivity contribution in [3.63, 3.8) is 0 Å². The maximum absolute atomic E-state index is 10.9. The van der Waals surface area contributed by atoms with E-state index in [2.05, 4.69) is 0 Å². The lowest BCUT2D eigenvalue weighted by atomic mass is 9.83. The maximum atomic E-state index is 10.9. The summed E-state index contributed by atoms with van der Waals surface area (Å²) < 4.78 is 0. The zero-order chi connectivity index (χ0) is 9.07. The lowest BCUT2D eigenvalue weighted by Crippen LogP contribution is -2.55. The summed E-state index contributed by atoms with van der Waals surface area (Å²) in [4.78, 5) is 10.9. The van der Waals surface area contributed by atoms with Gasteiger partial charge in [-0.1, -0.05) is 27.2 Å². The SMILES string of the molecule is CCC[C@](N)(C(N)=O)C(C)C. The first-order chi connectivity index (χ1) is 4.95. The van der Waals surface area contributed by atoms with Gasteiger partial charge in [0.25, 0.3) is 0 Å². The Balaban J connectivity index is 4.38. The Kier molecular flexibility index (Phi) is 3.52. The molecule has 0 unspecified atom stereocenters. The van der Waals surface area contributed by atoms with Gasteiger partial charge >= 0.3 is 0 Å². The molecule has 11 heavy (non-hydrogen) atoms. The average Bonchev–Trinajstić information content (AvgIpc) is 1.87. The molecule has 3 nitrogen and oxygen atoms in total. The lowest BCUT2D eigenvalue weighted by molar-refractivity contribution is -0.124. The van der Waals surface area contributed by atoms with E-state index in [0.717, 1.165) is 6.42 Å². The highest BCUT2D eigenvalue weighted by molar-refractivity contribution is 5.84. The molecule has 1 atom stereocenters. The molecule has 0 aliphatic carbocycles. The Morgan fingerprint density at radius 1 is 1.55 bits per heavy atom. The van der Waals surface area contributed by atoms with Gasteiger partial charge in [-0.25, -0.2) is 0 Å². The summed E-state index contributed by atoms with van der Waals surface area (Å²) >= 11 is 0. The molecule has 0 aliphatic heterocycles. The molecule has 0 aromatic rings. The van der Waals surface area contributed by atoms with E-state index in [0.29, 0.717) is 6.42 Å². The van der Waals surface area contributed by atoms with Gasteiger partial charge in [-0.3, -0.25) is 4.79 Å². The fourth-order valence-electron chi connectivity index (χ4n) is 1.11. The third-order valence-corrected chi connectivity index (χ3v) is 2.15. The highest BCUT2D eigenvalue weighted by Gasteiger charge is 2.34. The van der Waals surface area contributed by atoms with Crippen molar-refractivity contribution in [1.82, 2.24) is 0 Å². The topological polar surface area (TPSA) is 69.1 Å². The number of primary amides is 1. The van der Waals surface area contributed by atoms with E-state index in [1.54, 1.807) is 0 Å². The molecule has 0 radical (unpaired) electrons. The Bertz CT molecular complexity index is 145. The van der Waals surface area contributed by atoms with Crippen LogP contribution in [0.1, 0.15) is 33.6 Å². The predicted octanol–water partition coefficient (Wildman–Crippen LogP) is 0.625. The van der Waals surface area contributed by atoms with E-state index in [1.807, 2.05) is 20.8 Å². The molecule has 3 heteroatoms. The fraction of sp³-hybridized carbons (Fsp3) is 0.875. The molecule has 0 fully saturated rings. The first kappa shape index (κ1) is 10.4. The average molecular weight is 158 g/mol. The molecular formula is C8H18N2O. The second kappa shape index (κ2) is 3.72. The summed E-state index contributed by atoms with van der Waals surface area (Å²) in [5, 5.41) is 0. The molecule has 0 rings (SSSR count). The van der Waals surface area contributed by atoms with Crippen LogP contribution in [0.5, 0.6) is 0 Å². The van der Waals surface area contributed by atoms with Crippen LogP contribution < -0.4 is 11.5 Å². The van der Waals surface area contributed by atoms with Gasteiger partial charge in [0, 0.05) is 0 Å². The van der Waals surface area contributed by atoms with Gasteiger partial charge in [0.15, 0.2) is 0 Å². The second-order valence-electron chi connectivity index (χ2n) is 3.31. The molecule has 0 aliphatic rings. The van der Waals surface area contributed by atoms with E-state index < -0.39 is 11.4 Å². The third-order valence-electron chi connectivity index (χ3n) is 2.15. The fourth-order valence-corrected chi connectivity index (χ4v) is 1.11. The van der Waals surface area contributed by atoms with Crippen LogP contribution in [0.3, 0.4) is 0 Å². The molecule has 1 amide bonds. The molecule has 0 bridgehead atoms. The predicted molar refractivity (Wildman–Crippen MR) is 45.9 cm³/mol. The van der Waals surface area contributed by atoms with Crippen molar-refractivity contribution in [2.75, 3.05) is 0 Å². The quantitative estimate of drug-likeness (QED) is 0.630. The number of carbonyl (C=O) groups is 1. The summed E-state index contributed by atoms with van der Waals surface area (Å²) in [5.74, 6) is -0.283. The molecule has 0 saturated heterocycles. The van der Waals surface area contributed by atoms with Crippen LogP contribution in [0.2, 0.25) is 0 Å². The van der Waals surface area contributed by atoms with Crippen molar-refractivity contribution >= 4 is 5.91 Å². The molecule has 4 N–H and O–H groups in total. The number of nitrogens with two attached hydrogens (primary N) is 2.